The first-order valence-corrected chi connectivity index (χ1v) is 7.92. The summed E-state index contributed by atoms with van der Waals surface area (Å²) in [6, 6.07) is 5.76. The summed E-state index contributed by atoms with van der Waals surface area (Å²) in [5, 5.41) is 4.56. The highest BCUT2D eigenvalue weighted by Gasteiger charge is 2.19. The van der Waals surface area contributed by atoms with Gasteiger partial charge in [-0.3, -0.25) is 0 Å². The SMILES string of the molecule is CNC1CCCCc2nc(-c3cc(Cl)cc(Cl)c3)ncc21. The Morgan fingerprint density at radius 2 is 1.90 bits per heavy atom. The lowest BCUT2D eigenvalue weighted by Gasteiger charge is -2.16. The van der Waals surface area contributed by atoms with Crippen molar-refractivity contribution in [1.29, 1.82) is 0 Å². The predicted molar refractivity (Wildman–Crippen MR) is 86.8 cm³/mol. The van der Waals surface area contributed by atoms with Gasteiger partial charge in [0.25, 0.3) is 0 Å². The van der Waals surface area contributed by atoms with Gasteiger partial charge >= 0.3 is 0 Å². The minimum atomic E-state index is 0.347. The highest BCUT2D eigenvalue weighted by molar-refractivity contribution is 6.35. The van der Waals surface area contributed by atoms with Crippen LogP contribution in [-0.2, 0) is 6.42 Å². The number of nitrogens with zero attached hydrogens (tertiary/aromatic N) is 2. The van der Waals surface area contributed by atoms with Crippen LogP contribution in [0.4, 0.5) is 0 Å². The fraction of sp³-hybridized carbons (Fsp3) is 0.375. The molecule has 21 heavy (non-hydrogen) atoms. The van der Waals surface area contributed by atoms with E-state index in [0.29, 0.717) is 21.9 Å². The van der Waals surface area contributed by atoms with Crippen molar-refractivity contribution in [2.75, 3.05) is 7.05 Å². The van der Waals surface area contributed by atoms with Crippen molar-refractivity contribution in [1.82, 2.24) is 15.3 Å². The van der Waals surface area contributed by atoms with Crippen molar-refractivity contribution in [3.63, 3.8) is 0 Å². The van der Waals surface area contributed by atoms with Gasteiger partial charge in [-0.2, -0.15) is 0 Å². The molecule has 1 unspecified atom stereocenters. The van der Waals surface area contributed by atoms with Gasteiger partial charge in [-0.05, 0) is 44.5 Å². The van der Waals surface area contributed by atoms with Gasteiger partial charge in [-0.15, -0.1) is 0 Å². The zero-order valence-electron chi connectivity index (χ0n) is 11.9. The second kappa shape index (κ2) is 6.30. The van der Waals surface area contributed by atoms with E-state index in [9.17, 15) is 0 Å². The van der Waals surface area contributed by atoms with Crippen LogP contribution in [-0.4, -0.2) is 17.0 Å². The number of aryl methyl sites for hydroxylation is 1. The normalized spacial score (nSPS) is 18.1. The van der Waals surface area contributed by atoms with Crippen molar-refractivity contribution in [3.05, 3.63) is 45.7 Å². The van der Waals surface area contributed by atoms with E-state index in [1.54, 1.807) is 6.07 Å². The molecule has 0 fully saturated rings. The molecule has 110 valence electrons. The highest BCUT2D eigenvalue weighted by Crippen LogP contribution is 2.30. The molecule has 1 atom stereocenters. The summed E-state index contributed by atoms with van der Waals surface area (Å²) in [6.45, 7) is 0. The minimum Gasteiger partial charge on any atom is -0.313 e. The van der Waals surface area contributed by atoms with Crippen LogP contribution in [0.25, 0.3) is 11.4 Å². The fourth-order valence-corrected chi connectivity index (χ4v) is 3.36. The molecule has 1 aromatic carbocycles. The summed E-state index contributed by atoms with van der Waals surface area (Å²) in [4.78, 5) is 9.27. The standard InChI is InChI=1S/C16H17Cl2N3/c1-19-14-4-2-3-5-15-13(14)9-20-16(21-15)10-6-11(17)8-12(18)7-10/h6-9,14,19H,2-5H2,1H3. The van der Waals surface area contributed by atoms with Gasteiger partial charge in [0.2, 0.25) is 0 Å². The topological polar surface area (TPSA) is 37.8 Å². The molecule has 0 aliphatic heterocycles. The molecule has 5 heteroatoms. The molecule has 3 rings (SSSR count). The van der Waals surface area contributed by atoms with Crippen molar-refractivity contribution >= 4 is 23.2 Å². The molecular weight excluding hydrogens is 305 g/mol. The molecular formula is C16H17Cl2N3. The Hall–Kier alpha value is -1.16. The summed E-state index contributed by atoms with van der Waals surface area (Å²) in [6.07, 6.45) is 6.45. The highest BCUT2D eigenvalue weighted by atomic mass is 35.5. The largest absolute Gasteiger partial charge is 0.313 e. The molecule has 0 bridgehead atoms. The molecule has 0 amide bonds. The van der Waals surface area contributed by atoms with Gasteiger partial charge in [0.05, 0.1) is 0 Å². The number of benzene rings is 1. The predicted octanol–water partition coefficient (Wildman–Crippen LogP) is 4.44. The van der Waals surface area contributed by atoms with Gasteiger partial charge in [0.1, 0.15) is 0 Å². The first-order chi connectivity index (χ1) is 10.2. The molecule has 2 aromatic rings. The first-order valence-electron chi connectivity index (χ1n) is 7.17. The Balaban J connectivity index is 2.04. The van der Waals surface area contributed by atoms with E-state index in [2.05, 4.69) is 10.3 Å². The molecule has 0 spiro atoms. The monoisotopic (exact) mass is 321 g/mol. The molecule has 0 radical (unpaired) electrons. The van der Waals surface area contributed by atoms with Gasteiger partial charge in [0, 0.05) is 39.1 Å². The number of halogens is 2. The Morgan fingerprint density at radius 1 is 1.14 bits per heavy atom. The lowest BCUT2D eigenvalue weighted by Crippen LogP contribution is -2.17. The fourth-order valence-electron chi connectivity index (χ4n) is 2.84. The second-order valence-electron chi connectivity index (χ2n) is 5.34. The van der Waals surface area contributed by atoms with Crippen LogP contribution < -0.4 is 5.32 Å². The third-order valence-corrected chi connectivity index (χ3v) is 4.34. The van der Waals surface area contributed by atoms with E-state index >= 15 is 0 Å². The summed E-state index contributed by atoms with van der Waals surface area (Å²) in [5.41, 5.74) is 3.21. The van der Waals surface area contributed by atoms with E-state index in [1.807, 2.05) is 25.4 Å². The van der Waals surface area contributed by atoms with Crippen molar-refractivity contribution in [2.24, 2.45) is 0 Å². The third kappa shape index (κ3) is 3.20. The van der Waals surface area contributed by atoms with Crippen LogP contribution in [0, 0.1) is 0 Å². The van der Waals surface area contributed by atoms with Crippen LogP contribution in [0.3, 0.4) is 0 Å². The molecule has 3 nitrogen and oxygen atoms in total. The van der Waals surface area contributed by atoms with Crippen molar-refractivity contribution < 1.29 is 0 Å². The molecule has 0 saturated heterocycles. The Labute approximate surface area is 134 Å². The van der Waals surface area contributed by atoms with Crippen molar-refractivity contribution in [2.45, 2.75) is 31.7 Å². The minimum absolute atomic E-state index is 0.347. The van der Waals surface area contributed by atoms with Crippen LogP contribution in [0.5, 0.6) is 0 Å². The summed E-state index contributed by atoms with van der Waals surface area (Å²) < 4.78 is 0. The number of hydrogen-bond donors (Lipinski definition) is 1. The van der Waals surface area contributed by atoms with Crippen molar-refractivity contribution in [3.8, 4) is 11.4 Å². The maximum Gasteiger partial charge on any atom is 0.159 e. The molecule has 1 N–H and O–H groups in total. The second-order valence-corrected chi connectivity index (χ2v) is 6.21. The summed E-state index contributed by atoms with van der Waals surface area (Å²) in [7, 11) is 1.99. The van der Waals surface area contributed by atoms with Gasteiger partial charge < -0.3 is 5.32 Å². The number of aromatic nitrogens is 2. The molecule has 0 saturated carbocycles. The average molecular weight is 322 g/mol. The molecule has 1 aliphatic carbocycles. The quantitative estimate of drug-likeness (QED) is 0.831. The third-order valence-electron chi connectivity index (χ3n) is 3.90. The molecule has 1 heterocycles. The van der Waals surface area contributed by atoms with Gasteiger partial charge in [-0.1, -0.05) is 29.6 Å². The van der Waals surface area contributed by atoms with Crippen LogP contribution in [0.1, 0.15) is 36.6 Å². The van der Waals surface area contributed by atoms with E-state index in [4.69, 9.17) is 28.2 Å². The first kappa shape index (κ1) is 14.8. The Kier molecular flexibility index (Phi) is 4.43. The van der Waals surface area contributed by atoms with E-state index in [1.165, 1.54) is 12.0 Å². The van der Waals surface area contributed by atoms with Gasteiger partial charge in [0.15, 0.2) is 5.82 Å². The number of nitrogens with one attached hydrogen (secondary N) is 1. The maximum absolute atomic E-state index is 6.07. The van der Waals surface area contributed by atoms with E-state index in [0.717, 1.165) is 30.5 Å². The number of hydrogen-bond acceptors (Lipinski definition) is 3. The maximum atomic E-state index is 6.07. The van der Waals surface area contributed by atoms with Crippen LogP contribution >= 0.6 is 23.2 Å². The number of fused-ring (bicyclic) bond motifs is 1. The summed E-state index contributed by atoms with van der Waals surface area (Å²) in [5.74, 6) is 0.690. The molecule has 1 aromatic heterocycles. The van der Waals surface area contributed by atoms with Gasteiger partial charge in [-0.25, -0.2) is 9.97 Å². The lowest BCUT2D eigenvalue weighted by atomic mass is 10.0. The zero-order chi connectivity index (χ0) is 14.8. The van der Waals surface area contributed by atoms with Crippen LogP contribution in [0.15, 0.2) is 24.4 Å². The smallest absolute Gasteiger partial charge is 0.159 e. The van der Waals surface area contributed by atoms with E-state index in [-0.39, 0.29) is 0 Å². The Morgan fingerprint density at radius 3 is 2.62 bits per heavy atom. The number of rotatable bonds is 2. The lowest BCUT2D eigenvalue weighted by molar-refractivity contribution is 0.532. The summed E-state index contributed by atoms with van der Waals surface area (Å²) >= 11 is 12.1. The zero-order valence-corrected chi connectivity index (χ0v) is 13.4. The average Bonchev–Trinajstić information content (AvgIpc) is 2.67. The van der Waals surface area contributed by atoms with Crippen LogP contribution in [0.2, 0.25) is 10.0 Å². The van der Waals surface area contributed by atoms with E-state index < -0.39 is 0 Å². The molecule has 1 aliphatic rings. The Bertz CT molecular complexity index is 638.